The molecule has 1 aromatic heterocycles. The van der Waals surface area contributed by atoms with Crippen LogP contribution in [0.1, 0.15) is 11.3 Å². The Morgan fingerprint density at radius 3 is 2.57 bits per heavy atom. The Hall–Kier alpha value is -2.76. The first-order chi connectivity index (χ1) is 10.9. The highest BCUT2D eigenvalue weighted by Crippen LogP contribution is 2.21. The van der Waals surface area contributed by atoms with Crippen molar-refractivity contribution >= 4 is 28.5 Å². The number of benzene rings is 1. The Morgan fingerprint density at radius 1 is 1.43 bits per heavy atom. The Balaban J connectivity index is 2.24. The zero-order valence-electron chi connectivity index (χ0n) is 12.4. The number of amides is 1. The lowest BCUT2D eigenvalue weighted by atomic mass is 10.1. The number of nitrogens with zero attached hydrogens (tertiary/aromatic N) is 2. The van der Waals surface area contributed by atoms with Crippen molar-refractivity contribution in [3.63, 3.8) is 0 Å². The second kappa shape index (κ2) is 7.00. The average molecular weight is 331 g/mol. The molecule has 23 heavy (non-hydrogen) atoms. The minimum atomic E-state index is -1.12. The number of nitriles is 1. The van der Waals surface area contributed by atoms with Crippen molar-refractivity contribution in [2.24, 2.45) is 0 Å². The molecule has 2 N–H and O–H groups in total. The van der Waals surface area contributed by atoms with E-state index in [0.29, 0.717) is 10.6 Å². The van der Waals surface area contributed by atoms with Gasteiger partial charge in [0.25, 0.3) is 5.91 Å². The van der Waals surface area contributed by atoms with Crippen LogP contribution in [-0.2, 0) is 16.0 Å². The van der Waals surface area contributed by atoms with Crippen LogP contribution in [0, 0.1) is 18.3 Å². The van der Waals surface area contributed by atoms with Gasteiger partial charge in [-0.25, -0.2) is 0 Å². The molecule has 0 aliphatic carbocycles. The molecule has 0 fully saturated rings. The van der Waals surface area contributed by atoms with E-state index in [4.69, 9.17) is 9.78 Å². The van der Waals surface area contributed by atoms with Crippen LogP contribution in [0.25, 0.3) is 5.76 Å². The third-order valence-electron chi connectivity index (χ3n) is 3.03. The molecular weight excluding hydrogens is 318 g/mol. The normalized spacial score (nSPS) is 13.0. The first-order valence-electron chi connectivity index (χ1n) is 6.44. The van der Waals surface area contributed by atoms with Crippen molar-refractivity contribution in [1.29, 1.82) is 5.26 Å². The molecule has 8 heteroatoms. The Bertz CT molecular complexity index is 788. The molecule has 0 saturated carbocycles. The molecule has 7 nitrogen and oxygen atoms in total. The summed E-state index contributed by atoms with van der Waals surface area (Å²) in [7, 11) is 0. The molecular formula is C15H13N3O4S. The number of carbonyl (C=O) groups excluding carboxylic acids is 1. The van der Waals surface area contributed by atoms with Crippen LogP contribution in [0.2, 0.25) is 0 Å². The second-order valence-electron chi connectivity index (χ2n) is 4.56. The standard InChI is InChI=1S/C15H13N3O4S/c1-9-13(8-17-22-9)14(19)12(7-16)15(20)18-10-3-5-11(6-4-10)23(2)21/h3-6,8,19H,1-2H3,(H,18,20)/b14-12-. The predicted molar refractivity (Wildman–Crippen MR) is 83.8 cm³/mol. The minimum absolute atomic E-state index is 0.174. The zero-order chi connectivity index (χ0) is 17.0. The van der Waals surface area contributed by atoms with Gasteiger partial charge < -0.3 is 19.5 Å². The van der Waals surface area contributed by atoms with Crippen LogP contribution >= 0.6 is 0 Å². The zero-order valence-corrected chi connectivity index (χ0v) is 13.2. The monoisotopic (exact) mass is 331 g/mol. The maximum Gasteiger partial charge on any atom is 0.270 e. The second-order valence-corrected chi connectivity index (χ2v) is 5.94. The van der Waals surface area contributed by atoms with Crippen LogP contribution in [0.4, 0.5) is 5.69 Å². The summed E-state index contributed by atoms with van der Waals surface area (Å²) in [6.07, 6.45) is 2.77. The summed E-state index contributed by atoms with van der Waals surface area (Å²) in [5.74, 6) is -0.983. The summed E-state index contributed by atoms with van der Waals surface area (Å²) in [5, 5.41) is 25.2. The topological polar surface area (TPSA) is 122 Å². The Morgan fingerprint density at radius 2 is 2.09 bits per heavy atom. The largest absolute Gasteiger partial charge is 0.612 e. The van der Waals surface area contributed by atoms with Crippen molar-refractivity contribution in [2.75, 3.05) is 11.6 Å². The van der Waals surface area contributed by atoms with Gasteiger partial charge in [0, 0.05) is 5.69 Å². The van der Waals surface area contributed by atoms with Crippen molar-refractivity contribution < 1.29 is 19.0 Å². The van der Waals surface area contributed by atoms with Gasteiger partial charge in [-0.2, -0.15) is 5.26 Å². The maximum absolute atomic E-state index is 12.1. The number of nitrogens with one attached hydrogen (secondary N) is 1. The SMILES string of the molecule is Cc1oncc1/C(O)=C(\C#N)C(=O)Nc1ccc([S+](C)[O-])cc1. The predicted octanol–water partition coefficient (Wildman–Crippen LogP) is 2.15. The molecule has 0 aliphatic heterocycles. The summed E-state index contributed by atoms with van der Waals surface area (Å²) in [5.41, 5.74) is 0.125. The molecule has 2 aromatic rings. The van der Waals surface area contributed by atoms with E-state index in [0.717, 1.165) is 0 Å². The third-order valence-corrected chi connectivity index (χ3v) is 3.96. The maximum atomic E-state index is 12.1. The van der Waals surface area contributed by atoms with Crippen LogP contribution in [0.15, 0.2) is 45.5 Å². The first kappa shape index (κ1) is 16.6. The highest BCUT2D eigenvalue weighted by atomic mass is 32.2. The number of hydrogen-bond donors (Lipinski definition) is 2. The summed E-state index contributed by atoms with van der Waals surface area (Å²) < 4.78 is 16.1. The van der Waals surface area contributed by atoms with E-state index in [-0.39, 0.29) is 11.3 Å². The van der Waals surface area contributed by atoms with Gasteiger partial charge in [0.05, 0.1) is 11.8 Å². The van der Waals surface area contributed by atoms with Crippen LogP contribution in [0.5, 0.6) is 0 Å². The lowest BCUT2D eigenvalue weighted by Gasteiger charge is -2.07. The lowest BCUT2D eigenvalue weighted by molar-refractivity contribution is -0.112. The molecule has 1 atom stereocenters. The molecule has 0 spiro atoms. The number of hydrogen-bond acceptors (Lipinski definition) is 6. The third kappa shape index (κ3) is 3.71. The summed E-state index contributed by atoms with van der Waals surface area (Å²) in [4.78, 5) is 12.8. The van der Waals surface area contributed by atoms with Gasteiger partial charge >= 0.3 is 0 Å². The molecule has 1 unspecified atom stereocenters. The Kier molecular flexibility index (Phi) is 5.05. The van der Waals surface area contributed by atoms with Gasteiger partial charge in [0.1, 0.15) is 18.1 Å². The van der Waals surface area contributed by atoms with E-state index in [1.807, 2.05) is 0 Å². The summed E-state index contributed by atoms with van der Waals surface area (Å²) >= 11 is -1.12. The van der Waals surface area contributed by atoms with E-state index in [2.05, 4.69) is 10.5 Å². The van der Waals surface area contributed by atoms with Gasteiger partial charge in [-0.3, -0.25) is 4.79 Å². The van der Waals surface area contributed by atoms with Crippen LogP contribution in [0.3, 0.4) is 0 Å². The van der Waals surface area contributed by atoms with Crippen molar-refractivity contribution in [3.8, 4) is 6.07 Å². The van der Waals surface area contributed by atoms with Gasteiger partial charge in [0.2, 0.25) is 0 Å². The summed E-state index contributed by atoms with van der Waals surface area (Å²) in [6.45, 7) is 1.55. The molecule has 1 amide bonds. The van der Waals surface area contributed by atoms with Crippen LogP contribution < -0.4 is 5.32 Å². The van der Waals surface area contributed by atoms with Gasteiger partial charge in [-0.15, -0.1) is 0 Å². The molecule has 0 saturated heterocycles. The van der Waals surface area contributed by atoms with Crippen molar-refractivity contribution in [1.82, 2.24) is 5.16 Å². The Labute approximate surface area is 135 Å². The lowest BCUT2D eigenvalue weighted by Crippen LogP contribution is -2.15. The van der Waals surface area contributed by atoms with E-state index >= 15 is 0 Å². The van der Waals surface area contributed by atoms with Gasteiger partial charge in [-0.05, 0) is 42.4 Å². The number of aliphatic hydroxyl groups is 1. The van der Waals surface area contributed by atoms with Crippen molar-refractivity contribution in [3.05, 3.63) is 47.4 Å². The number of aromatic nitrogens is 1. The molecule has 1 aromatic carbocycles. The molecule has 0 aliphatic rings. The van der Waals surface area contributed by atoms with E-state index in [1.165, 1.54) is 6.20 Å². The number of carbonyl (C=O) groups is 1. The fourth-order valence-corrected chi connectivity index (χ4v) is 2.31. The molecule has 1 heterocycles. The van der Waals surface area contributed by atoms with Gasteiger partial charge in [0.15, 0.2) is 16.2 Å². The van der Waals surface area contributed by atoms with E-state index in [1.54, 1.807) is 43.5 Å². The molecule has 118 valence electrons. The van der Waals surface area contributed by atoms with Gasteiger partial charge in [-0.1, -0.05) is 5.16 Å². The molecule has 0 radical (unpaired) electrons. The smallest absolute Gasteiger partial charge is 0.270 e. The average Bonchev–Trinajstić information content (AvgIpc) is 2.94. The fraction of sp³-hybridized carbons (Fsp3) is 0.133. The molecule has 2 rings (SSSR count). The highest BCUT2D eigenvalue weighted by Gasteiger charge is 2.20. The minimum Gasteiger partial charge on any atom is -0.612 e. The van der Waals surface area contributed by atoms with Crippen molar-refractivity contribution in [2.45, 2.75) is 11.8 Å². The quantitative estimate of drug-likeness (QED) is 0.383. The highest BCUT2D eigenvalue weighted by molar-refractivity contribution is 7.90. The molecule has 0 bridgehead atoms. The number of aliphatic hydroxyl groups excluding tert-OH is 1. The number of rotatable bonds is 4. The number of anilines is 1. The first-order valence-corrected chi connectivity index (χ1v) is 7.99. The summed E-state index contributed by atoms with van der Waals surface area (Å²) in [6, 6.07) is 7.99. The fourth-order valence-electron chi connectivity index (χ4n) is 1.80. The van der Waals surface area contributed by atoms with Crippen LogP contribution in [-0.4, -0.2) is 27.0 Å². The number of aryl methyl sites for hydroxylation is 1. The van der Waals surface area contributed by atoms with E-state index in [9.17, 15) is 14.5 Å². The van der Waals surface area contributed by atoms with E-state index < -0.39 is 28.4 Å².